The number of hydrogen-bond acceptors (Lipinski definition) is 7. The van der Waals surface area contributed by atoms with E-state index in [1.807, 2.05) is 12.1 Å². The van der Waals surface area contributed by atoms with Gasteiger partial charge >= 0.3 is 0 Å². The molecule has 7 nitrogen and oxygen atoms in total. The highest BCUT2D eigenvalue weighted by Gasteiger charge is 2.25. The number of methoxy groups -OCH3 is 1. The van der Waals surface area contributed by atoms with E-state index < -0.39 is 0 Å². The molecule has 3 aromatic heterocycles. The fraction of sp³-hybridized carbons (Fsp3) is 0.316. The molecule has 0 radical (unpaired) electrons. The van der Waals surface area contributed by atoms with Gasteiger partial charge in [-0.2, -0.15) is 5.10 Å². The van der Waals surface area contributed by atoms with Gasteiger partial charge in [0.25, 0.3) is 0 Å². The fourth-order valence-corrected chi connectivity index (χ4v) is 5.10. The van der Waals surface area contributed by atoms with Crippen LogP contribution in [0, 0.1) is 5.92 Å². The monoisotopic (exact) mass is 381 g/mol. The van der Waals surface area contributed by atoms with Gasteiger partial charge in [-0.1, -0.05) is 0 Å². The molecule has 0 amide bonds. The minimum atomic E-state index is 0.242. The van der Waals surface area contributed by atoms with E-state index in [1.54, 1.807) is 31.0 Å². The molecule has 1 aliphatic rings. The Hall–Kier alpha value is -2.71. The summed E-state index contributed by atoms with van der Waals surface area (Å²) < 4.78 is 5.55. The molecular weight excluding hydrogens is 362 g/mol. The summed E-state index contributed by atoms with van der Waals surface area (Å²) in [6.07, 6.45) is 6.24. The van der Waals surface area contributed by atoms with Crippen LogP contribution in [0.15, 0.2) is 24.7 Å². The van der Waals surface area contributed by atoms with E-state index >= 15 is 0 Å². The summed E-state index contributed by atoms with van der Waals surface area (Å²) in [6, 6.07) is 3.93. The van der Waals surface area contributed by atoms with E-state index in [1.165, 1.54) is 10.4 Å². The highest BCUT2D eigenvalue weighted by molar-refractivity contribution is 7.19. The number of anilines is 2. The maximum atomic E-state index is 9.51. The van der Waals surface area contributed by atoms with Crippen LogP contribution in [0.4, 0.5) is 11.5 Å². The van der Waals surface area contributed by atoms with Crippen molar-refractivity contribution in [1.29, 1.82) is 0 Å². The van der Waals surface area contributed by atoms with E-state index in [0.717, 1.165) is 57.6 Å². The second-order valence-corrected chi connectivity index (χ2v) is 7.92. The standard InChI is InChI=1S/C19H19N5O2S/c1-26-15-6-13-11(7-22-24-13)5-14(15)23-18-17-12-3-2-10(8-25)4-16(12)27-19(17)21-9-20-18/h5-7,9-10,25H,2-4,8H2,1H3,(H,22,24)(H,20,21,23). The van der Waals surface area contributed by atoms with Gasteiger partial charge in [0.05, 0.1) is 29.9 Å². The quantitative estimate of drug-likeness (QED) is 0.501. The van der Waals surface area contributed by atoms with E-state index in [4.69, 9.17) is 4.74 Å². The van der Waals surface area contributed by atoms with Gasteiger partial charge in [0.15, 0.2) is 0 Å². The molecule has 0 saturated carbocycles. The number of aliphatic hydroxyl groups excluding tert-OH is 1. The van der Waals surface area contributed by atoms with E-state index in [9.17, 15) is 5.11 Å². The summed E-state index contributed by atoms with van der Waals surface area (Å²) in [7, 11) is 1.65. The summed E-state index contributed by atoms with van der Waals surface area (Å²) in [6.45, 7) is 0.242. The third-order valence-corrected chi connectivity index (χ3v) is 6.38. The van der Waals surface area contributed by atoms with Crippen molar-refractivity contribution >= 4 is 44.0 Å². The molecule has 27 heavy (non-hydrogen) atoms. The predicted octanol–water partition coefficient (Wildman–Crippen LogP) is 3.42. The van der Waals surface area contributed by atoms with Crippen molar-refractivity contribution in [3.63, 3.8) is 0 Å². The number of hydrogen-bond donors (Lipinski definition) is 3. The summed E-state index contributed by atoms with van der Waals surface area (Å²) in [4.78, 5) is 11.3. The third kappa shape index (κ3) is 2.72. The van der Waals surface area contributed by atoms with Crippen molar-refractivity contribution in [2.45, 2.75) is 19.3 Å². The molecular formula is C19H19N5O2S. The van der Waals surface area contributed by atoms with Crippen LogP contribution >= 0.6 is 11.3 Å². The normalized spacial score (nSPS) is 16.6. The van der Waals surface area contributed by atoms with Crippen LogP contribution in [-0.2, 0) is 12.8 Å². The second kappa shape index (κ2) is 6.47. The molecule has 0 spiro atoms. The Morgan fingerprint density at radius 2 is 2.30 bits per heavy atom. The van der Waals surface area contributed by atoms with Crippen molar-refractivity contribution in [2.75, 3.05) is 19.0 Å². The number of aromatic nitrogens is 4. The maximum absolute atomic E-state index is 9.51. The predicted molar refractivity (Wildman–Crippen MR) is 106 cm³/mol. The van der Waals surface area contributed by atoms with Gasteiger partial charge in [-0.15, -0.1) is 11.3 Å². The van der Waals surface area contributed by atoms with Gasteiger partial charge in [-0.25, -0.2) is 9.97 Å². The topological polar surface area (TPSA) is 96.0 Å². The largest absolute Gasteiger partial charge is 0.494 e. The molecule has 3 heterocycles. The highest BCUT2D eigenvalue weighted by atomic mass is 32.1. The zero-order valence-electron chi connectivity index (χ0n) is 14.8. The van der Waals surface area contributed by atoms with Crippen molar-refractivity contribution in [2.24, 2.45) is 5.92 Å². The van der Waals surface area contributed by atoms with Gasteiger partial charge in [0.2, 0.25) is 0 Å². The molecule has 4 aromatic rings. The lowest BCUT2D eigenvalue weighted by Crippen LogP contribution is -2.15. The van der Waals surface area contributed by atoms with Crippen LogP contribution in [0.1, 0.15) is 16.9 Å². The highest BCUT2D eigenvalue weighted by Crippen LogP contribution is 2.41. The van der Waals surface area contributed by atoms with Crippen LogP contribution in [0.2, 0.25) is 0 Å². The number of aromatic amines is 1. The van der Waals surface area contributed by atoms with Crippen LogP contribution in [-0.4, -0.2) is 39.0 Å². The summed E-state index contributed by atoms with van der Waals surface area (Å²) in [5.74, 6) is 1.86. The molecule has 138 valence electrons. The summed E-state index contributed by atoms with van der Waals surface area (Å²) in [5, 5.41) is 22.1. The van der Waals surface area contributed by atoms with Gasteiger partial charge in [-0.3, -0.25) is 5.10 Å². The number of aryl methyl sites for hydroxylation is 1. The zero-order chi connectivity index (χ0) is 18.4. The number of rotatable bonds is 4. The number of benzene rings is 1. The van der Waals surface area contributed by atoms with Gasteiger partial charge < -0.3 is 15.2 Å². The minimum absolute atomic E-state index is 0.242. The molecule has 1 unspecified atom stereocenters. The SMILES string of the molecule is COc1cc2[nH]ncc2cc1Nc1ncnc2sc3c(c12)CCC(CO)C3. The van der Waals surface area contributed by atoms with Crippen molar-refractivity contribution in [3.8, 4) is 5.75 Å². The first-order valence-corrected chi connectivity index (χ1v) is 9.72. The molecule has 1 aromatic carbocycles. The van der Waals surface area contributed by atoms with Crippen molar-refractivity contribution < 1.29 is 9.84 Å². The average Bonchev–Trinajstić information content (AvgIpc) is 3.30. The molecule has 0 saturated heterocycles. The Morgan fingerprint density at radius 3 is 3.15 bits per heavy atom. The molecule has 0 fully saturated rings. The van der Waals surface area contributed by atoms with Gasteiger partial charge in [0, 0.05) is 22.9 Å². The molecule has 5 rings (SSSR count). The van der Waals surface area contributed by atoms with Crippen LogP contribution in [0.3, 0.4) is 0 Å². The molecule has 0 aliphatic heterocycles. The van der Waals surface area contributed by atoms with Crippen molar-refractivity contribution in [1.82, 2.24) is 20.2 Å². The third-order valence-electron chi connectivity index (χ3n) is 5.22. The number of thiophene rings is 1. The van der Waals surface area contributed by atoms with E-state index in [0.29, 0.717) is 5.92 Å². The van der Waals surface area contributed by atoms with Crippen LogP contribution in [0.5, 0.6) is 5.75 Å². The Morgan fingerprint density at radius 1 is 1.37 bits per heavy atom. The van der Waals surface area contributed by atoms with Crippen LogP contribution < -0.4 is 10.1 Å². The number of H-pyrrole nitrogens is 1. The van der Waals surface area contributed by atoms with Gasteiger partial charge in [-0.05, 0) is 36.8 Å². The first-order chi connectivity index (χ1) is 13.3. The zero-order valence-corrected chi connectivity index (χ0v) is 15.6. The maximum Gasteiger partial charge on any atom is 0.144 e. The Balaban J connectivity index is 1.61. The number of nitrogens with one attached hydrogen (secondary N) is 2. The van der Waals surface area contributed by atoms with Gasteiger partial charge in [0.1, 0.15) is 22.7 Å². The summed E-state index contributed by atoms with van der Waals surface area (Å²) in [5.41, 5.74) is 3.08. The fourth-order valence-electron chi connectivity index (χ4n) is 3.79. The Bertz CT molecular complexity index is 1140. The number of aliphatic hydroxyl groups is 1. The molecule has 1 aliphatic carbocycles. The summed E-state index contributed by atoms with van der Waals surface area (Å²) >= 11 is 1.71. The molecule has 1 atom stereocenters. The lowest BCUT2D eigenvalue weighted by molar-refractivity contribution is 0.214. The Labute approximate surface area is 159 Å². The van der Waals surface area contributed by atoms with Crippen molar-refractivity contribution in [3.05, 3.63) is 35.1 Å². The first-order valence-electron chi connectivity index (χ1n) is 8.91. The minimum Gasteiger partial charge on any atom is -0.494 e. The molecule has 0 bridgehead atoms. The Kier molecular flexibility index (Phi) is 3.95. The number of fused-ring (bicyclic) bond motifs is 4. The van der Waals surface area contributed by atoms with E-state index in [-0.39, 0.29) is 6.61 Å². The average molecular weight is 381 g/mol. The lowest BCUT2D eigenvalue weighted by Gasteiger charge is -2.20. The van der Waals surface area contributed by atoms with Crippen LogP contribution in [0.25, 0.3) is 21.1 Å². The molecule has 3 N–H and O–H groups in total. The number of ether oxygens (including phenoxy) is 1. The second-order valence-electron chi connectivity index (χ2n) is 6.83. The lowest BCUT2D eigenvalue weighted by atomic mass is 9.88. The van der Waals surface area contributed by atoms with E-state index in [2.05, 4.69) is 25.5 Å². The smallest absolute Gasteiger partial charge is 0.144 e. The molecule has 8 heteroatoms. The number of nitrogens with zero attached hydrogens (tertiary/aromatic N) is 3. The first kappa shape index (κ1) is 16.5.